The van der Waals surface area contributed by atoms with Gasteiger partial charge in [0.1, 0.15) is 0 Å². The Hall–Kier alpha value is -0.380. The van der Waals surface area contributed by atoms with Crippen LogP contribution in [0.15, 0.2) is 11.4 Å². The third-order valence-electron chi connectivity index (χ3n) is 5.21. The van der Waals surface area contributed by atoms with E-state index in [2.05, 4.69) is 23.3 Å². The highest BCUT2D eigenvalue weighted by Crippen LogP contribution is 2.39. The Morgan fingerprint density at radius 1 is 1.42 bits per heavy atom. The Labute approximate surface area is 121 Å². The number of rotatable bonds is 3. The lowest BCUT2D eigenvalue weighted by atomic mass is 9.70. The van der Waals surface area contributed by atoms with Gasteiger partial charge in [-0.2, -0.15) is 0 Å². The summed E-state index contributed by atoms with van der Waals surface area (Å²) in [6.07, 6.45) is 6.64. The highest BCUT2D eigenvalue weighted by Gasteiger charge is 2.35. The second kappa shape index (κ2) is 5.55. The molecule has 2 heterocycles. The predicted molar refractivity (Wildman–Crippen MR) is 82.4 cm³/mol. The highest BCUT2D eigenvalue weighted by atomic mass is 32.1. The van der Waals surface area contributed by atoms with E-state index in [9.17, 15) is 0 Å². The van der Waals surface area contributed by atoms with Gasteiger partial charge in [0.2, 0.25) is 0 Å². The first-order valence-electron chi connectivity index (χ1n) is 7.68. The fourth-order valence-electron chi connectivity index (χ4n) is 3.72. The second-order valence-corrected chi connectivity index (χ2v) is 7.72. The lowest BCUT2D eigenvalue weighted by Gasteiger charge is -2.43. The van der Waals surface area contributed by atoms with E-state index in [-0.39, 0.29) is 0 Å². The van der Waals surface area contributed by atoms with E-state index in [1.165, 1.54) is 45.2 Å². The molecule has 0 unspecified atom stereocenters. The monoisotopic (exact) mass is 278 g/mol. The van der Waals surface area contributed by atoms with Crippen LogP contribution in [0.4, 0.5) is 0 Å². The first-order valence-corrected chi connectivity index (χ1v) is 8.56. The number of nitrogens with two attached hydrogens (primary N) is 1. The minimum absolute atomic E-state index is 0.403. The molecule has 106 valence electrons. The van der Waals surface area contributed by atoms with Crippen molar-refractivity contribution in [1.29, 1.82) is 0 Å². The maximum atomic E-state index is 6.15. The van der Waals surface area contributed by atoms with Gasteiger partial charge >= 0.3 is 0 Å². The Bertz CT molecular complexity index is 418. The van der Waals surface area contributed by atoms with E-state index < -0.39 is 0 Å². The lowest BCUT2D eigenvalue weighted by Crippen LogP contribution is -2.46. The van der Waals surface area contributed by atoms with E-state index in [1.807, 2.05) is 11.3 Å². The van der Waals surface area contributed by atoms with Crippen LogP contribution >= 0.6 is 11.3 Å². The molecule has 0 atom stereocenters. The summed E-state index contributed by atoms with van der Waals surface area (Å²) < 4.78 is 0. The zero-order valence-electron chi connectivity index (χ0n) is 12.0. The van der Waals surface area contributed by atoms with Gasteiger partial charge in [-0.15, -0.1) is 11.3 Å². The van der Waals surface area contributed by atoms with Crippen molar-refractivity contribution in [2.75, 3.05) is 19.6 Å². The minimum atomic E-state index is 0.403. The maximum absolute atomic E-state index is 6.15. The van der Waals surface area contributed by atoms with Crippen molar-refractivity contribution < 1.29 is 0 Å². The molecule has 0 radical (unpaired) electrons. The van der Waals surface area contributed by atoms with E-state index in [1.54, 1.807) is 10.4 Å². The Kier molecular flexibility index (Phi) is 3.97. The van der Waals surface area contributed by atoms with Crippen LogP contribution in [0, 0.1) is 11.3 Å². The smallest absolute Gasteiger partial charge is 0.0245 e. The third kappa shape index (κ3) is 2.88. The molecule has 1 saturated carbocycles. The molecule has 1 aliphatic carbocycles. The third-order valence-corrected chi connectivity index (χ3v) is 6.24. The molecule has 2 N–H and O–H groups in total. The summed E-state index contributed by atoms with van der Waals surface area (Å²) in [5.41, 5.74) is 8.12. The van der Waals surface area contributed by atoms with Crippen molar-refractivity contribution in [2.45, 2.75) is 45.6 Å². The molecule has 0 amide bonds. The molecular formula is C16H26N2S. The average Bonchev–Trinajstić information content (AvgIpc) is 2.89. The van der Waals surface area contributed by atoms with Crippen molar-refractivity contribution in [1.82, 2.24) is 4.90 Å². The van der Waals surface area contributed by atoms with E-state index in [4.69, 9.17) is 5.73 Å². The van der Waals surface area contributed by atoms with Crippen LogP contribution in [-0.2, 0) is 13.0 Å². The van der Waals surface area contributed by atoms with Crippen molar-refractivity contribution >= 4 is 11.3 Å². The first kappa shape index (κ1) is 13.6. The zero-order chi connectivity index (χ0) is 13.3. The maximum Gasteiger partial charge on any atom is 0.0245 e. The molecule has 3 heteroatoms. The highest BCUT2D eigenvalue weighted by molar-refractivity contribution is 7.10. The van der Waals surface area contributed by atoms with Crippen LogP contribution in [0.25, 0.3) is 0 Å². The summed E-state index contributed by atoms with van der Waals surface area (Å²) in [5.74, 6) is 0.907. The topological polar surface area (TPSA) is 29.3 Å². The van der Waals surface area contributed by atoms with Gasteiger partial charge in [0.05, 0.1) is 0 Å². The molecular weight excluding hydrogens is 252 g/mol. The fourth-order valence-corrected chi connectivity index (χ4v) is 4.61. The van der Waals surface area contributed by atoms with Gasteiger partial charge in [0.15, 0.2) is 0 Å². The summed E-state index contributed by atoms with van der Waals surface area (Å²) in [4.78, 5) is 4.26. The zero-order valence-corrected chi connectivity index (χ0v) is 12.8. The molecule has 2 nitrogen and oxygen atoms in total. The van der Waals surface area contributed by atoms with Crippen molar-refractivity contribution in [3.8, 4) is 0 Å². The molecule has 19 heavy (non-hydrogen) atoms. The summed E-state index contributed by atoms with van der Waals surface area (Å²) in [7, 11) is 0. The predicted octanol–water partition coefficient (Wildman–Crippen LogP) is 3.26. The Balaban J connectivity index is 1.64. The van der Waals surface area contributed by atoms with Gasteiger partial charge in [0, 0.05) is 24.5 Å². The fraction of sp³-hybridized carbons (Fsp3) is 0.750. The normalized spacial score (nSPS) is 32.2. The number of hydrogen-bond donors (Lipinski definition) is 1. The van der Waals surface area contributed by atoms with Gasteiger partial charge in [0.25, 0.3) is 0 Å². The summed E-state index contributed by atoms with van der Waals surface area (Å²) in [6, 6.07) is 2.31. The minimum Gasteiger partial charge on any atom is -0.330 e. The Morgan fingerprint density at radius 2 is 2.21 bits per heavy atom. The van der Waals surface area contributed by atoms with Crippen molar-refractivity contribution in [3.05, 3.63) is 21.9 Å². The van der Waals surface area contributed by atoms with Crippen LogP contribution in [0.5, 0.6) is 0 Å². The largest absolute Gasteiger partial charge is 0.330 e. The SMILES string of the molecule is CC1CCC(CN)(CN2CCc3sccc3C2)CC1. The molecule has 0 saturated heterocycles. The lowest BCUT2D eigenvalue weighted by molar-refractivity contribution is 0.0880. The van der Waals surface area contributed by atoms with Crippen LogP contribution in [0.1, 0.15) is 43.0 Å². The molecule has 1 aliphatic heterocycles. The number of hydrogen-bond acceptors (Lipinski definition) is 3. The standard InChI is InChI=1S/C16H26N2S/c1-13-2-6-16(11-17,7-3-13)12-18-8-4-15-14(10-18)5-9-19-15/h5,9,13H,2-4,6-8,10-12,17H2,1H3. The number of fused-ring (bicyclic) bond motifs is 1. The van der Waals surface area contributed by atoms with Crippen LogP contribution in [-0.4, -0.2) is 24.5 Å². The van der Waals surface area contributed by atoms with E-state index in [0.717, 1.165) is 19.0 Å². The molecule has 1 fully saturated rings. The second-order valence-electron chi connectivity index (χ2n) is 6.72. The molecule has 3 rings (SSSR count). The van der Waals surface area contributed by atoms with Crippen LogP contribution in [0.2, 0.25) is 0 Å². The van der Waals surface area contributed by atoms with Gasteiger partial charge in [-0.05, 0) is 54.1 Å². The van der Waals surface area contributed by atoms with Gasteiger partial charge in [-0.1, -0.05) is 19.8 Å². The number of thiophene rings is 1. The summed E-state index contributed by atoms with van der Waals surface area (Å²) in [5, 5.41) is 2.25. The van der Waals surface area contributed by atoms with Gasteiger partial charge < -0.3 is 5.73 Å². The van der Waals surface area contributed by atoms with E-state index >= 15 is 0 Å². The molecule has 1 aromatic rings. The first-order chi connectivity index (χ1) is 9.21. The van der Waals surface area contributed by atoms with E-state index in [0.29, 0.717) is 5.41 Å². The molecule has 2 aliphatic rings. The summed E-state index contributed by atoms with van der Waals surface area (Å²) in [6.45, 7) is 6.85. The van der Waals surface area contributed by atoms with Gasteiger partial charge in [-0.3, -0.25) is 4.90 Å². The van der Waals surface area contributed by atoms with Crippen molar-refractivity contribution in [2.24, 2.45) is 17.1 Å². The molecule has 1 aromatic heterocycles. The quantitative estimate of drug-likeness (QED) is 0.919. The Morgan fingerprint density at radius 3 is 2.95 bits per heavy atom. The molecule has 0 bridgehead atoms. The number of nitrogens with zero attached hydrogens (tertiary/aromatic N) is 1. The molecule has 0 aromatic carbocycles. The van der Waals surface area contributed by atoms with Crippen LogP contribution in [0.3, 0.4) is 0 Å². The van der Waals surface area contributed by atoms with Crippen molar-refractivity contribution in [3.63, 3.8) is 0 Å². The van der Waals surface area contributed by atoms with Crippen LogP contribution < -0.4 is 5.73 Å². The molecule has 0 spiro atoms. The van der Waals surface area contributed by atoms with Gasteiger partial charge in [-0.25, -0.2) is 0 Å². The summed E-state index contributed by atoms with van der Waals surface area (Å²) >= 11 is 1.93. The average molecular weight is 278 g/mol.